The Kier molecular flexibility index (Phi) is 8.58. The first-order chi connectivity index (χ1) is 19.3. The fraction of sp³-hybridized carbons (Fsp3) is 0.281. The molecule has 3 unspecified atom stereocenters. The average Bonchev–Trinajstić information content (AvgIpc) is 3.22. The van der Waals surface area contributed by atoms with E-state index in [1.807, 2.05) is 20.8 Å². The Hall–Kier alpha value is -3.73. The number of halogens is 4. The lowest BCUT2D eigenvalue weighted by molar-refractivity contribution is -0.127. The summed E-state index contributed by atoms with van der Waals surface area (Å²) < 4.78 is 31.4. The average molecular weight is 597 g/mol. The van der Waals surface area contributed by atoms with Crippen molar-refractivity contribution in [3.05, 3.63) is 111 Å². The van der Waals surface area contributed by atoms with E-state index < -0.39 is 40.9 Å². The molecule has 5 nitrogen and oxygen atoms in total. The number of nitriles is 1. The second-order valence-electron chi connectivity index (χ2n) is 11.4. The standard InChI is InChI=1S/C32H28Cl2F2N2O3/c1-31(2,3)16-21-17-38(27(39)14-9-19-7-10-20(11-8-19)30(40)41)29(23-5-4-6-25(34)28(23)36)32(21,18-37)24-13-12-22(33)15-26(24)35/h4-15,21,29H,16-17H2,1-3H3,(H,40,41). The van der Waals surface area contributed by atoms with Crippen molar-refractivity contribution in [3.63, 3.8) is 0 Å². The molecule has 3 aromatic carbocycles. The summed E-state index contributed by atoms with van der Waals surface area (Å²) >= 11 is 12.2. The molecule has 1 fully saturated rings. The molecular weight excluding hydrogens is 569 g/mol. The SMILES string of the molecule is CC(C)(C)CC1CN(C(=O)C=Cc2ccc(C(=O)O)cc2)C(c2cccc(Cl)c2F)C1(C#N)c1ccc(Cl)cc1F. The number of nitrogens with zero attached hydrogens (tertiary/aromatic N) is 2. The minimum Gasteiger partial charge on any atom is -0.478 e. The van der Waals surface area contributed by atoms with Gasteiger partial charge in [0.25, 0.3) is 0 Å². The molecule has 1 N–H and O–H groups in total. The lowest BCUT2D eigenvalue weighted by Crippen LogP contribution is -2.40. The Labute approximate surface area is 247 Å². The topological polar surface area (TPSA) is 81.4 Å². The highest BCUT2D eigenvalue weighted by molar-refractivity contribution is 6.31. The van der Waals surface area contributed by atoms with Crippen LogP contribution >= 0.6 is 23.2 Å². The Morgan fingerprint density at radius 1 is 1.12 bits per heavy atom. The molecule has 1 aliphatic heterocycles. The van der Waals surface area contributed by atoms with Crippen LogP contribution in [0, 0.1) is 34.3 Å². The monoisotopic (exact) mass is 596 g/mol. The number of carbonyl (C=O) groups excluding carboxylic acids is 1. The summed E-state index contributed by atoms with van der Waals surface area (Å²) in [6.07, 6.45) is 3.21. The number of carbonyl (C=O) groups is 2. The number of carboxylic acids is 1. The van der Waals surface area contributed by atoms with Crippen LogP contribution in [0.3, 0.4) is 0 Å². The summed E-state index contributed by atoms with van der Waals surface area (Å²) in [5.74, 6) is -3.71. The van der Waals surface area contributed by atoms with Crippen molar-refractivity contribution in [1.82, 2.24) is 4.90 Å². The molecule has 0 aliphatic carbocycles. The van der Waals surface area contributed by atoms with Gasteiger partial charge in [-0.15, -0.1) is 0 Å². The molecule has 41 heavy (non-hydrogen) atoms. The largest absolute Gasteiger partial charge is 0.478 e. The van der Waals surface area contributed by atoms with Crippen LogP contribution in [-0.2, 0) is 10.2 Å². The van der Waals surface area contributed by atoms with Gasteiger partial charge in [-0.05, 0) is 53.8 Å². The molecule has 1 saturated heterocycles. The number of amides is 1. The van der Waals surface area contributed by atoms with Crippen LogP contribution in [0.1, 0.15) is 60.3 Å². The number of carboxylic acid groups (broad SMARTS) is 1. The van der Waals surface area contributed by atoms with Gasteiger partial charge in [0, 0.05) is 34.7 Å². The molecule has 0 saturated carbocycles. The van der Waals surface area contributed by atoms with E-state index in [1.54, 1.807) is 12.1 Å². The van der Waals surface area contributed by atoms with Gasteiger partial charge in [0.2, 0.25) is 5.91 Å². The molecule has 0 spiro atoms. The summed E-state index contributed by atoms with van der Waals surface area (Å²) in [6, 6.07) is 15.4. The molecule has 1 aliphatic rings. The summed E-state index contributed by atoms with van der Waals surface area (Å²) in [7, 11) is 0. The predicted octanol–water partition coefficient (Wildman–Crippen LogP) is 8.08. The minimum absolute atomic E-state index is 0.00243. The number of benzene rings is 3. The molecule has 3 atom stereocenters. The van der Waals surface area contributed by atoms with Crippen molar-refractivity contribution in [3.8, 4) is 6.07 Å². The number of rotatable bonds is 6. The van der Waals surface area contributed by atoms with E-state index in [-0.39, 0.29) is 38.7 Å². The molecule has 0 aromatic heterocycles. The zero-order valence-corrected chi connectivity index (χ0v) is 24.2. The van der Waals surface area contributed by atoms with Crippen LogP contribution in [0.2, 0.25) is 10.0 Å². The van der Waals surface area contributed by atoms with E-state index in [2.05, 4.69) is 6.07 Å². The zero-order chi connectivity index (χ0) is 30.1. The summed E-state index contributed by atoms with van der Waals surface area (Å²) in [5.41, 5.74) is -1.33. The Bertz CT molecular complexity index is 1560. The number of likely N-dealkylation sites (tertiary alicyclic amines) is 1. The van der Waals surface area contributed by atoms with Crippen LogP contribution < -0.4 is 0 Å². The highest BCUT2D eigenvalue weighted by atomic mass is 35.5. The van der Waals surface area contributed by atoms with Gasteiger partial charge in [0.15, 0.2) is 0 Å². The zero-order valence-electron chi connectivity index (χ0n) is 22.7. The van der Waals surface area contributed by atoms with Gasteiger partial charge in [0.05, 0.1) is 22.7 Å². The third-order valence-corrected chi connectivity index (χ3v) is 7.89. The maximum Gasteiger partial charge on any atom is 0.335 e. The van der Waals surface area contributed by atoms with Gasteiger partial charge in [-0.3, -0.25) is 4.79 Å². The van der Waals surface area contributed by atoms with Crippen LogP contribution in [0.25, 0.3) is 6.08 Å². The van der Waals surface area contributed by atoms with Gasteiger partial charge in [-0.2, -0.15) is 5.26 Å². The predicted molar refractivity (Wildman–Crippen MR) is 155 cm³/mol. The van der Waals surface area contributed by atoms with E-state index in [9.17, 15) is 14.9 Å². The first-order valence-corrected chi connectivity index (χ1v) is 13.7. The van der Waals surface area contributed by atoms with Gasteiger partial charge >= 0.3 is 5.97 Å². The van der Waals surface area contributed by atoms with Crippen molar-refractivity contribution in [2.24, 2.45) is 11.3 Å². The van der Waals surface area contributed by atoms with Gasteiger partial charge in [-0.25, -0.2) is 13.6 Å². The van der Waals surface area contributed by atoms with Gasteiger partial charge in [0.1, 0.15) is 17.0 Å². The van der Waals surface area contributed by atoms with E-state index in [1.165, 1.54) is 59.5 Å². The maximum atomic E-state index is 15.7. The smallest absolute Gasteiger partial charge is 0.335 e. The molecule has 212 valence electrons. The third kappa shape index (κ3) is 6.00. The molecule has 4 rings (SSSR count). The quantitative estimate of drug-likeness (QED) is 0.292. The second-order valence-corrected chi connectivity index (χ2v) is 12.2. The molecule has 1 amide bonds. The van der Waals surface area contributed by atoms with Crippen molar-refractivity contribution in [2.75, 3.05) is 6.54 Å². The molecular formula is C32H28Cl2F2N2O3. The van der Waals surface area contributed by atoms with Crippen LogP contribution in [0.4, 0.5) is 8.78 Å². The Morgan fingerprint density at radius 3 is 2.39 bits per heavy atom. The lowest BCUT2D eigenvalue weighted by atomic mass is 9.63. The van der Waals surface area contributed by atoms with E-state index >= 15 is 8.78 Å². The van der Waals surface area contributed by atoms with Crippen molar-refractivity contribution in [2.45, 2.75) is 38.6 Å². The molecule has 3 aromatic rings. The Balaban J connectivity index is 1.91. The molecule has 0 radical (unpaired) electrons. The van der Waals surface area contributed by atoms with Crippen LogP contribution in [-0.4, -0.2) is 28.4 Å². The molecule has 1 heterocycles. The second kappa shape index (κ2) is 11.6. The molecule has 9 heteroatoms. The van der Waals surface area contributed by atoms with Crippen LogP contribution in [0.5, 0.6) is 0 Å². The minimum atomic E-state index is -1.68. The first-order valence-electron chi connectivity index (χ1n) is 12.9. The maximum absolute atomic E-state index is 15.7. The Morgan fingerprint density at radius 2 is 1.80 bits per heavy atom. The van der Waals surface area contributed by atoms with Crippen molar-refractivity contribution < 1.29 is 23.5 Å². The van der Waals surface area contributed by atoms with E-state index in [4.69, 9.17) is 28.3 Å². The van der Waals surface area contributed by atoms with Gasteiger partial charge < -0.3 is 10.0 Å². The fourth-order valence-corrected chi connectivity index (χ4v) is 6.03. The number of hydrogen-bond acceptors (Lipinski definition) is 3. The van der Waals surface area contributed by atoms with E-state index in [0.717, 1.165) is 6.07 Å². The number of aromatic carboxylic acids is 1. The van der Waals surface area contributed by atoms with Gasteiger partial charge in [-0.1, -0.05) is 74.3 Å². The van der Waals surface area contributed by atoms with Crippen LogP contribution in [0.15, 0.2) is 66.7 Å². The number of hydrogen-bond donors (Lipinski definition) is 1. The molecule has 0 bridgehead atoms. The van der Waals surface area contributed by atoms with E-state index in [0.29, 0.717) is 12.0 Å². The van der Waals surface area contributed by atoms with Crippen molar-refractivity contribution >= 4 is 41.2 Å². The first kappa shape index (κ1) is 30.2. The highest BCUT2D eigenvalue weighted by Gasteiger charge is 2.59. The third-order valence-electron chi connectivity index (χ3n) is 7.36. The lowest BCUT2D eigenvalue weighted by Gasteiger charge is -2.38. The fourth-order valence-electron chi connectivity index (χ4n) is 5.69. The highest BCUT2D eigenvalue weighted by Crippen LogP contribution is 2.56. The summed E-state index contributed by atoms with van der Waals surface area (Å²) in [5, 5.41) is 20.0. The van der Waals surface area contributed by atoms with Crippen molar-refractivity contribution in [1.29, 1.82) is 5.26 Å². The summed E-state index contributed by atoms with van der Waals surface area (Å²) in [4.78, 5) is 26.4. The normalized spacial score (nSPS) is 20.8. The summed E-state index contributed by atoms with van der Waals surface area (Å²) in [6.45, 7) is 5.99.